The Morgan fingerprint density at radius 1 is 0.431 bits per heavy atom. The van der Waals surface area contributed by atoms with Gasteiger partial charge in [0.25, 0.3) is 0 Å². The van der Waals surface area contributed by atoms with Gasteiger partial charge in [-0.3, -0.25) is 0 Å². The average molecular weight is 656 g/mol. The molecule has 0 saturated carbocycles. The van der Waals surface area contributed by atoms with Crippen LogP contribution in [0.2, 0.25) is 0 Å². The minimum absolute atomic E-state index is 0.0364. The average Bonchev–Trinajstić information content (AvgIpc) is 3.44. The Labute approximate surface area is 299 Å². The number of nitrogens with zero attached hydrogens (tertiary/aromatic N) is 2. The molecule has 1 unspecified atom stereocenters. The molecule has 3 heteroatoms. The molecule has 9 rings (SSSR count). The van der Waals surface area contributed by atoms with Crippen LogP contribution in [0.3, 0.4) is 0 Å². The minimum atomic E-state index is -0.260. The Balaban J connectivity index is 1.05. The van der Waals surface area contributed by atoms with E-state index in [0.29, 0.717) is 5.84 Å². The van der Waals surface area contributed by atoms with Crippen molar-refractivity contribution in [1.29, 1.82) is 0 Å². The highest BCUT2D eigenvalue weighted by atomic mass is 15.2. The molecule has 1 aliphatic heterocycles. The van der Waals surface area contributed by atoms with E-state index < -0.39 is 0 Å². The summed E-state index contributed by atoms with van der Waals surface area (Å²) in [6.45, 7) is 4.67. The lowest BCUT2D eigenvalue weighted by molar-refractivity contribution is 0.660. The third-order valence-electron chi connectivity index (χ3n) is 10.4. The first kappa shape index (κ1) is 30.7. The first-order chi connectivity index (χ1) is 25.0. The highest BCUT2D eigenvalue weighted by molar-refractivity contribution is 6.13. The van der Waals surface area contributed by atoms with Crippen LogP contribution in [-0.2, 0) is 5.41 Å². The van der Waals surface area contributed by atoms with Crippen LogP contribution in [0.25, 0.3) is 44.5 Å². The molecule has 0 spiro atoms. The van der Waals surface area contributed by atoms with E-state index in [1.54, 1.807) is 0 Å². The van der Waals surface area contributed by atoms with E-state index in [2.05, 4.69) is 183 Å². The molecule has 0 bridgehead atoms. The monoisotopic (exact) mass is 655 g/mol. The molecule has 0 aromatic heterocycles. The molecule has 1 heterocycles. The number of nitrogens with one attached hydrogen (secondary N) is 1. The molecule has 0 amide bonds. The van der Waals surface area contributed by atoms with Crippen molar-refractivity contribution in [1.82, 2.24) is 5.32 Å². The quantitative estimate of drug-likeness (QED) is 0.190. The number of hydrogen-bond donors (Lipinski definition) is 1. The van der Waals surface area contributed by atoms with Crippen LogP contribution in [-0.4, -0.2) is 11.7 Å². The highest BCUT2D eigenvalue weighted by Gasteiger charge is 2.35. The van der Waals surface area contributed by atoms with E-state index in [4.69, 9.17) is 9.98 Å². The van der Waals surface area contributed by atoms with Crippen LogP contribution >= 0.6 is 0 Å². The third-order valence-corrected chi connectivity index (χ3v) is 10.4. The summed E-state index contributed by atoms with van der Waals surface area (Å²) < 4.78 is 0. The molecule has 1 N–H and O–H groups in total. The van der Waals surface area contributed by atoms with Crippen molar-refractivity contribution in [2.24, 2.45) is 9.98 Å². The lowest BCUT2D eigenvalue weighted by Crippen LogP contribution is -2.33. The van der Waals surface area contributed by atoms with Gasteiger partial charge < -0.3 is 5.32 Å². The second-order valence-electron chi connectivity index (χ2n) is 13.9. The standard InChI is InChI=1S/C48H37N3/c1-48(2)43-22-10-9-21-41(43)42-28-27-39(31-44(42)48)37-18-11-17-36(29-37)38-19-12-20-40(30-38)47-50-45(34-15-7-4-8-16-34)49-46(51-47)35-25-23-33(24-26-35)32-13-5-3-6-14-32/h3-31,45H,1-2H3,(H,49,50,51). The molecule has 0 fully saturated rings. The third kappa shape index (κ3) is 5.67. The van der Waals surface area contributed by atoms with Gasteiger partial charge >= 0.3 is 0 Å². The van der Waals surface area contributed by atoms with Gasteiger partial charge in [-0.15, -0.1) is 0 Å². The second-order valence-corrected chi connectivity index (χ2v) is 13.9. The van der Waals surface area contributed by atoms with Crippen molar-refractivity contribution in [3.05, 3.63) is 204 Å². The maximum absolute atomic E-state index is 5.12. The van der Waals surface area contributed by atoms with Gasteiger partial charge in [-0.2, -0.15) is 0 Å². The Bertz CT molecular complexity index is 2460. The van der Waals surface area contributed by atoms with E-state index >= 15 is 0 Å². The van der Waals surface area contributed by atoms with Gasteiger partial charge in [-0.1, -0.05) is 172 Å². The number of hydrogen-bond acceptors (Lipinski definition) is 3. The zero-order valence-electron chi connectivity index (χ0n) is 28.7. The fourth-order valence-corrected chi connectivity index (χ4v) is 7.58. The van der Waals surface area contributed by atoms with Crippen LogP contribution in [0, 0.1) is 0 Å². The molecule has 7 aromatic rings. The summed E-state index contributed by atoms with van der Waals surface area (Å²) in [5.41, 5.74) is 15.6. The first-order valence-corrected chi connectivity index (χ1v) is 17.6. The first-order valence-electron chi connectivity index (χ1n) is 17.6. The summed E-state index contributed by atoms with van der Waals surface area (Å²) in [6, 6.07) is 62.7. The van der Waals surface area contributed by atoms with E-state index in [9.17, 15) is 0 Å². The van der Waals surface area contributed by atoms with Crippen molar-refractivity contribution in [3.8, 4) is 44.5 Å². The van der Waals surface area contributed by atoms with Gasteiger partial charge in [-0.25, -0.2) is 9.98 Å². The Hall–Kier alpha value is -6.32. The predicted octanol–water partition coefficient (Wildman–Crippen LogP) is 11.5. The zero-order valence-corrected chi connectivity index (χ0v) is 28.7. The lowest BCUT2D eigenvalue weighted by Gasteiger charge is -2.24. The van der Waals surface area contributed by atoms with Crippen LogP contribution in [0.1, 0.15) is 47.8 Å². The molecule has 244 valence electrons. The summed E-state index contributed by atoms with van der Waals surface area (Å²) in [4.78, 5) is 10.2. The molecule has 1 atom stereocenters. The van der Waals surface area contributed by atoms with Crippen molar-refractivity contribution >= 4 is 11.7 Å². The minimum Gasteiger partial charge on any atom is -0.344 e. The van der Waals surface area contributed by atoms with Gasteiger partial charge in [0.05, 0.1) is 0 Å². The van der Waals surface area contributed by atoms with E-state index in [0.717, 1.165) is 28.1 Å². The highest BCUT2D eigenvalue weighted by Crippen LogP contribution is 2.49. The molecule has 1 aliphatic carbocycles. The van der Waals surface area contributed by atoms with Gasteiger partial charge in [-0.05, 0) is 79.4 Å². The smallest absolute Gasteiger partial charge is 0.159 e. The topological polar surface area (TPSA) is 36.8 Å². The summed E-state index contributed by atoms with van der Waals surface area (Å²) in [5, 5.41) is 3.64. The molecular formula is C48H37N3. The lowest BCUT2D eigenvalue weighted by atomic mass is 9.81. The van der Waals surface area contributed by atoms with E-state index in [1.165, 1.54) is 50.1 Å². The Morgan fingerprint density at radius 2 is 0.941 bits per heavy atom. The maximum atomic E-state index is 5.12. The summed E-state index contributed by atoms with van der Waals surface area (Å²) in [5.74, 6) is 1.52. The molecular weight excluding hydrogens is 619 g/mol. The maximum Gasteiger partial charge on any atom is 0.159 e. The number of aliphatic imine (C=N–C) groups is 2. The van der Waals surface area contributed by atoms with Crippen molar-refractivity contribution in [2.45, 2.75) is 25.4 Å². The number of fused-ring (bicyclic) bond motifs is 3. The molecule has 0 saturated heterocycles. The SMILES string of the molecule is CC1(C)c2ccccc2-c2ccc(-c3cccc(-c4cccc(C5=NC(c6ccc(-c7ccccc7)cc6)=NC(c6ccccc6)N5)c4)c3)cc21. The number of rotatable bonds is 6. The molecule has 0 radical (unpaired) electrons. The Kier molecular flexibility index (Phi) is 7.55. The van der Waals surface area contributed by atoms with Crippen LogP contribution in [0.5, 0.6) is 0 Å². The van der Waals surface area contributed by atoms with Crippen molar-refractivity contribution in [3.63, 3.8) is 0 Å². The van der Waals surface area contributed by atoms with E-state index in [-0.39, 0.29) is 11.6 Å². The molecule has 7 aromatic carbocycles. The van der Waals surface area contributed by atoms with E-state index in [1.807, 2.05) is 12.1 Å². The summed E-state index contributed by atoms with van der Waals surface area (Å²) in [6.07, 6.45) is -0.260. The van der Waals surface area contributed by atoms with Crippen molar-refractivity contribution in [2.75, 3.05) is 0 Å². The fraction of sp³-hybridized carbons (Fsp3) is 0.0833. The largest absolute Gasteiger partial charge is 0.344 e. The predicted molar refractivity (Wildman–Crippen MR) is 212 cm³/mol. The van der Waals surface area contributed by atoms with Gasteiger partial charge in [0.2, 0.25) is 0 Å². The molecule has 2 aliphatic rings. The number of amidine groups is 2. The van der Waals surface area contributed by atoms with Gasteiger partial charge in [0.15, 0.2) is 5.84 Å². The second kappa shape index (κ2) is 12.5. The summed E-state index contributed by atoms with van der Waals surface area (Å²) in [7, 11) is 0. The zero-order chi connectivity index (χ0) is 34.4. The normalized spacial score (nSPS) is 15.6. The van der Waals surface area contributed by atoms with Crippen LogP contribution in [0.15, 0.2) is 186 Å². The van der Waals surface area contributed by atoms with Crippen LogP contribution < -0.4 is 5.32 Å². The molecule has 51 heavy (non-hydrogen) atoms. The Morgan fingerprint density at radius 3 is 1.67 bits per heavy atom. The number of benzene rings is 7. The summed E-state index contributed by atoms with van der Waals surface area (Å²) >= 11 is 0. The van der Waals surface area contributed by atoms with Crippen molar-refractivity contribution < 1.29 is 0 Å². The fourth-order valence-electron chi connectivity index (χ4n) is 7.58. The van der Waals surface area contributed by atoms with Gasteiger partial charge in [0, 0.05) is 16.5 Å². The molecule has 3 nitrogen and oxygen atoms in total. The van der Waals surface area contributed by atoms with Gasteiger partial charge in [0.1, 0.15) is 12.0 Å². The van der Waals surface area contributed by atoms with Crippen LogP contribution in [0.4, 0.5) is 0 Å².